The van der Waals surface area contributed by atoms with E-state index in [4.69, 9.17) is 0 Å². The van der Waals surface area contributed by atoms with Gasteiger partial charge in [-0.3, -0.25) is 9.59 Å². The molecule has 1 N–H and O–H groups in total. The van der Waals surface area contributed by atoms with Crippen molar-refractivity contribution in [1.29, 1.82) is 0 Å². The molecule has 0 saturated carbocycles. The number of rotatable bonds is 6. The van der Waals surface area contributed by atoms with E-state index in [2.05, 4.69) is 20.2 Å². The van der Waals surface area contributed by atoms with Crippen LogP contribution >= 0.6 is 11.8 Å². The summed E-state index contributed by atoms with van der Waals surface area (Å²) in [4.78, 5) is 34.1. The summed E-state index contributed by atoms with van der Waals surface area (Å²) in [5.74, 6) is 1.09. The molecule has 1 amide bonds. The maximum absolute atomic E-state index is 12.1. The summed E-state index contributed by atoms with van der Waals surface area (Å²) in [6.45, 7) is 3.57. The molecule has 130 valence electrons. The summed E-state index contributed by atoms with van der Waals surface area (Å²) in [7, 11) is 0. The molecule has 3 rings (SSSR count). The first kappa shape index (κ1) is 17.4. The van der Waals surface area contributed by atoms with Gasteiger partial charge in [0.25, 0.3) is 0 Å². The zero-order valence-electron chi connectivity index (χ0n) is 14.1. The van der Waals surface area contributed by atoms with E-state index in [1.165, 1.54) is 31.5 Å². The summed E-state index contributed by atoms with van der Waals surface area (Å²) < 4.78 is 0. The van der Waals surface area contributed by atoms with E-state index in [0.29, 0.717) is 11.3 Å². The second-order valence-electron chi connectivity index (χ2n) is 5.88. The largest absolute Gasteiger partial charge is 0.356 e. The normalized spacial score (nSPS) is 13.7. The van der Waals surface area contributed by atoms with Gasteiger partial charge in [0, 0.05) is 30.4 Å². The SMILES string of the molecule is CC(=O)c1ccc(NC(=O)CSc2cc(N3CCCC3)ncn2)cc1. The van der Waals surface area contributed by atoms with Crippen LogP contribution in [0, 0.1) is 0 Å². The summed E-state index contributed by atoms with van der Waals surface area (Å²) in [6, 6.07) is 8.81. The minimum atomic E-state index is -0.109. The van der Waals surface area contributed by atoms with E-state index in [9.17, 15) is 9.59 Å². The molecule has 0 radical (unpaired) electrons. The highest BCUT2D eigenvalue weighted by molar-refractivity contribution is 7.99. The maximum Gasteiger partial charge on any atom is 0.234 e. The van der Waals surface area contributed by atoms with Crippen LogP contribution in [0.4, 0.5) is 11.5 Å². The molecular weight excluding hydrogens is 336 g/mol. The zero-order valence-corrected chi connectivity index (χ0v) is 14.9. The molecule has 0 aliphatic carbocycles. The van der Waals surface area contributed by atoms with Crippen LogP contribution in [0.1, 0.15) is 30.1 Å². The number of amides is 1. The third-order valence-electron chi connectivity index (χ3n) is 3.98. The van der Waals surface area contributed by atoms with E-state index in [1.54, 1.807) is 30.6 Å². The van der Waals surface area contributed by atoms with Crippen molar-refractivity contribution in [3.63, 3.8) is 0 Å². The molecule has 0 spiro atoms. The molecule has 1 aromatic heterocycles. The third-order valence-corrected chi connectivity index (χ3v) is 4.91. The molecule has 7 heteroatoms. The first-order valence-electron chi connectivity index (χ1n) is 8.22. The predicted octanol–water partition coefficient (Wildman–Crippen LogP) is 3.01. The molecule has 1 saturated heterocycles. The number of Topliss-reactive ketones (excluding diaryl/α,β-unsaturated/α-hetero) is 1. The van der Waals surface area contributed by atoms with Crippen LogP contribution < -0.4 is 10.2 Å². The smallest absolute Gasteiger partial charge is 0.234 e. The summed E-state index contributed by atoms with van der Waals surface area (Å²) in [5.41, 5.74) is 1.30. The summed E-state index contributed by atoms with van der Waals surface area (Å²) in [5, 5.41) is 3.61. The van der Waals surface area contributed by atoms with Gasteiger partial charge in [-0.2, -0.15) is 0 Å². The lowest BCUT2D eigenvalue weighted by molar-refractivity contribution is -0.113. The summed E-state index contributed by atoms with van der Waals surface area (Å²) in [6.07, 6.45) is 3.93. The Morgan fingerprint density at radius 1 is 1.16 bits per heavy atom. The number of benzene rings is 1. The number of hydrogen-bond donors (Lipinski definition) is 1. The minimum absolute atomic E-state index is 0.00556. The van der Waals surface area contributed by atoms with Gasteiger partial charge in [-0.1, -0.05) is 11.8 Å². The van der Waals surface area contributed by atoms with Crippen molar-refractivity contribution in [3.05, 3.63) is 42.2 Å². The number of carbonyl (C=O) groups excluding carboxylic acids is 2. The fourth-order valence-corrected chi connectivity index (χ4v) is 3.31. The lowest BCUT2D eigenvalue weighted by Crippen LogP contribution is -2.19. The van der Waals surface area contributed by atoms with Gasteiger partial charge in [-0.15, -0.1) is 0 Å². The number of carbonyl (C=O) groups is 2. The van der Waals surface area contributed by atoms with Crippen LogP contribution in [0.25, 0.3) is 0 Å². The van der Waals surface area contributed by atoms with Gasteiger partial charge in [0.05, 0.1) is 5.75 Å². The van der Waals surface area contributed by atoms with Crippen LogP contribution in [0.15, 0.2) is 41.7 Å². The van der Waals surface area contributed by atoms with Gasteiger partial charge >= 0.3 is 0 Å². The minimum Gasteiger partial charge on any atom is -0.356 e. The first-order chi connectivity index (χ1) is 12.1. The molecule has 1 aliphatic rings. The van der Waals surface area contributed by atoms with Gasteiger partial charge in [-0.25, -0.2) is 9.97 Å². The van der Waals surface area contributed by atoms with Crippen molar-refractivity contribution < 1.29 is 9.59 Å². The van der Waals surface area contributed by atoms with E-state index >= 15 is 0 Å². The molecular formula is C18H20N4O2S. The molecule has 0 unspecified atom stereocenters. The van der Waals surface area contributed by atoms with Crippen LogP contribution in [0.3, 0.4) is 0 Å². The van der Waals surface area contributed by atoms with Gasteiger partial charge < -0.3 is 10.2 Å². The Morgan fingerprint density at radius 2 is 1.88 bits per heavy atom. The van der Waals surface area contributed by atoms with Crippen LogP contribution in [-0.2, 0) is 4.79 Å². The van der Waals surface area contributed by atoms with Crippen LogP contribution in [-0.4, -0.2) is 40.5 Å². The molecule has 2 aromatic rings. The van der Waals surface area contributed by atoms with Crippen molar-refractivity contribution in [1.82, 2.24) is 9.97 Å². The average Bonchev–Trinajstić information content (AvgIpc) is 3.15. The second kappa shape index (κ2) is 8.11. The highest BCUT2D eigenvalue weighted by Gasteiger charge is 2.14. The third kappa shape index (κ3) is 4.79. The molecule has 2 heterocycles. The van der Waals surface area contributed by atoms with Gasteiger partial charge in [0.15, 0.2) is 5.78 Å². The van der Waals surface area contributed by atoms with Crippen LogP contribution in [0.2, 0.25) is 0 Å². The lowest BCUT2D eigenvalue weighted by atomic mass is 10.1. The van der Waals surface area contributed by atoms with Gasteiger partial charge in [-0.05, 0) is 44.0 Å². The standard InChI is InChI=1S/C18H20N4O2S/c1-13(23)14-4-6-15(7-5-14)21-17(24)11-25-18-10-16(19-12-20-18)22-8-2-3-9-22/h4-7,10,12H,2-3,8-9,11H2,1H3,(H,21,24). The monoisotopic (exact) mass is 356 g/mol. The number of thioether (sulfide) groups is 1. The highest BCUT2D eigenvalue weighted by Crippen LogP contribution is 2.22. The molecule has 0 atom stereocenters. The molecule has 1 aliphatic heterocycles. The topological polar surface area (TPSA) is 75.2 Å². The Labute approximate surface area is 151 Å². The van der Waals surface area contributed by atoms with Crippen molar-refractivity contribution in [2.45, 2.75) is 24.8 Å². The number of ketones is 1. The van der Waals surface area contributed by atoms with Gasteiger partial charge in [0.2, 0.25) is 5.91 Å². The van der Waals surface area contributed by atoms with E-state index in [0.717, 1.165) is 23.9 Å². The number of nitrogens with one attached hydrogen (secondary N) is 1. The maximum atomic E-state index is 12.1. The van der Waals surface area contributed by atoms with Crippen molar-refractivity contribution in [2.24, 2.45) is 0 Å². The Hall–Kier alpha value is -2.41. The van der Waals surface area contributed by atoms with Crippen molar-refractivity contribution >= 4 is 35.0 Å². The lowest BCUT2D eigenvalue weighted by Gasteiger charge is -2.16. The highest BCUT2D eigenvalue weighted by atomic mass is 32.2. The predicted molar refractivity (Wildman–Crippen MR) is 99.3 cm³/mol. The molecule has 1 fully saturated rings. The van der Waals surface area contributed by atoms with E-state index < -0.39 is 0 Å². The van der Waals surface area contributed by atoms with Crippen molar-refractivity contribution in [2.75, 3.05) is 29.1 Å². The molecule has 1 aromatic carbocycles. The number of nitrogens with zero attached hydrogens (tertiary/aromatic N) is 3. The second-order valence-corrected chi connectivity index (χ2v) is 6.87. The van der Waals surface area contributed by atoms with E-state index in [1.807, 2.05) is 6.07 Å². The molecule has 6 nitrogen and oxygen atoms in total. The Morgan fingerprint density at radius 3 is 2.56 bits per heavy atom. The Balaban J connectivity index is 1.53. The van der Waals surface area contributed by atoms with Gasteiger partial charge in [0.1, 0.15) is 17.2 Å². The number of hydrogen-bond acceptors (Lipinski definition) is 6. The fourth-order valence-electron chi connectivity index (χ4n) is 2.65. The Kier molecular flexibility index (Phi) is 5.65. The number of aromatic nitrogens is 2. The van der Waals surface area contributed by atoms with Crippen LogP contribution in [0.5, 0.6) is 0 Å². The fraction of sp³-hybridized carbons (Fsp3) is 0.333. The first-order valence-corrected chi connectivity index (χ1v) is 9.21. The molecule has 0 bridgehead atoms. The summed E-state index contributed by atoms with van der Waals surface area (Å²) >= 11 is 1.38. The van der Waals surface area contributed by atoms with Crippen molar-refractivity contribution in [3.8, 4) is 0 Å². The number of anilines is 2. The average molecular weight is 356 g/mol. The Bertz CT molecular complexity index is 758. The molecule has 25 heavy (non-hydrogen) atoms. The quantitative estimate of drug-likeness (QED) is 0.487. The van der Waals surface area contributed by atoms with E-state index in [-0.39, 0.29) is 17.4 Å². The zero-order chi connectivity index (χ0) is 17.6.